The molecular formula is C14H26N4OS. The zero-order valence-corrected chi connectivity index (χ0v) is 13.5. The van der Waals surface area contributed by atoms with Crippen LogP contribution in [0.3, 0.4) is 0 Å². The first kappa shape index (κ1) is 16.9. The Morgan fingerprint density at radius 1 is 1.40 bits per heavy atom. The molecule has 5 nitrogen and oxygen atoms in total. The third-order valence-corrected chi connectivity index (χ3v) is 3.54. The summed E-state index contributed by atoms with van der Waals surface area (Å²) >= 11 is 1.71. The lowest BCUT2D eigenvalue weighted by atomic mass is 10.3. The molecule has 20 heavy (non-hydrogen) atoms. The molecule has 0 amide bonds. The number of hydrogen-bond donors (Lipinski definition) is 2. The summed E-state index contributed by atoms with van der Waals surface area (Å²) in [6.07, 6.45) is 0. The molecule has 1 aromatic rings. The second-order valence-electron chi connectivity index (χ2n) is 4.55. The van der Waals surface area contributed by atoms with Gasteiger partial charge in [-0.15, -0.1) is 0 Å². The molecule has 6 heteroatoms. The standard InChI is InChI=1S/C14H26N4OS/c1-4-15-14(17-11-13-5-10-20-12-13)16-6-7-18(2)8-9-19-3/h5,10,12H,4,6-9,11H2,1-3H3,(H2,15,16,17). The number of hydrogen-bond acceptors (Lipinski definition) is 4. The predicted molar refractivity (Wildman–Crippen MR) is 86.5 cm³/mol. The Labute approximate surface area is 126 Å². The van der Waals surface area contributed by atoms with E-state index in [2.05, 4.69) is 51.3 Å². The van der Waals surface area contributed by atoms with Gasteiger partial charge in [0.25, 0.3) is 0 Å². The maximum Gasteiger partial charge on any atom is 0.191 e. The Morgan fingerprint density at radius 2 is 2.25 bits per heavy atom. The molecule has 0 saturated heterocycles. The summed E-state index contributed by atoms with van der Waals surface area (Å²) in [6, 6.07) is 2.11. The first-order valence-electron chi connectivity index (χ1n) is 6.97. The van der Waals surface area contributed by atoms with Crippen molar-refractivity contribution < 1.29 is 4.74 Å². The molecule has 0 saturated carbocycles. The summed E-state index contributed by atoms with van der Waals surface area (Å²) in [4.78, 5) is 6.81. The number of thiophene rings is 1. The van der Waals surface area contributed by atoms with Crippen molar-refractivity contribution in [1.82, 2.24) is 15.5 Å². The molecule has 2 N–H and O–H groups in total. The van der Waals surface area contributed by atoms with Gasteiger partial charge < -0.3 is 20.3 Å². The van der Waals surface area contributed by atoms with E-state index in [1.165, 1.54) is 5.56 Å². The molecular weight excluding hydrogens is 272 g/mol. The van der Waals surface area contributed by atoms with Crippen molar-refractivity contribution in [3.8, 4) is 0 Å². The number of ether oxygens (including phenoxy) is 1. The van der Waals surface area contributed by atoms with Gasteiger partial charge in [0.15, 0.2) is 5.96 Å². The Balaban J connectivity index is 2.29. The van der Waals surface area contributed by atoms with Gasteiger partial charge in [-0.1, -0.05) is 0 Å². The second kappa shape index (κ2) is 10.7. The Morgan fingerprint density at radius 3 is 2.90 bits per heavy atom. The average molecular weight is 298 g/mol. The third-order valence-electron chi connectivity index (χ3n) is 2.81. The average Bonchev–Trinajstić information content (AvgIpc) is 2.95. The van der Waals surface area contributed by atoms with E-state index in [0.29, 0.717) is 0 Å². The topological polar surface area (TPSA) is 48.9 Å². The van der Waals surface area contributed by atoms with Gasteiger partial charge in [-0.3, -0.25) is 0 Å². The molecule has 0 aliphatic heterocycles. The molecule has 0 aliphatic carbocycles. The van der Waals surface area contributed by atoms with Crippen LogP contribution in [0.2, 0.25) is 0 Å². The molecule has 0 fully saturated rings. The van der Waals surface area contributed by atoms with E-state index in [9.17, 15) is 0 Å². The van der Waals surface area contributed by atoms with Crippen LogP contribution in [0.5, 0.6) is 0 Å². The maximum absolute atomic E-state index is 5.06. The quantitative estimate of drug-likeness (QED) is 0.534. The van der Waals surface area contributed by atoms with E-state index in [1.54, 1.807) is 18.4 Å². The zero-order valence-electron chi connectivity index (χ0n) is 12.7. The molecule has 0 radical (unpaired) electrons. The van der Waals surface area contributed by atoms with E-state index in [4.69, 9.17) is 4.74 Å². The first-order chi connectivity index (χ1) is 9.76. The minimum absolute atomic E-state index is 0.721. The number of nitrogens with one attached hydrogen (secondary N) is 2. The van der Waals surface area contributed by atoms with Crippen molar-refractivity contribution >= 4 is 17.3 Å². The summed E-state index contributed by atoms with van der Waals surface area (Å²) in [5.41, 5.74) is 1.25. The largest absolute Gasteiger partial charge is 0.383 e. The van der Waals surface area contributed by atoms with Crippen molar-refractivity contribution in [1.29, 1.82) is 0 Å². The lowest BCUT2D eigenvalue weighted by Crippen LogP contribution is -2.41. The van der Waals surface area contributed by atoms with Crippen LogP contribution in [0, 0.1) is 0 Å². The van der Waals surface area contributed by atoms with E-state index in [-0.39, 0.29) is 0 Å². The molecule has 1 heterocycles. The van der Waals surface area contributed by atoms with Crippen LogP contribution in [0.25, 0.3) is 0 Å². The van der Waals surface area contributed by atoms with Gasteiger partial charge in [0, 0.05) is 33.3 Å². The minimum Gasteiger partial charge on any atom is -0.383 e. The van der Waals surface area contributed by atoms with Gasteiger partial charge in [0.1, 0.15) is 0 Å². The van der Waals surface area contributed by atoms with Gasteiger partial charge >= 0.3 is 0 Å². The van der Waals surface area contributed by atoms with Crippen LogP contribution in [-0.4, -0.2) is 57.8 Å². The zero-order chi connectivity index (χ0) is 14.6. The lowest BCUT2D eigenvalue weighted by Gasteiger charge is -2.17. The first-order valence-corrected chi connectivity index (χ1v) is 7.91. The van der Waals surface area contributed by atoms with Crippen molar-refractivity contribution in [2.45, 2.75) is 13.5 Å². The lowest BCUT2D eigenvalue weighted by molar-refractivity contribution is 0.162. The highest BCUT2D eigenvalue weighted by Gasteiger charge is 2.00. The van der Waals surface area contributed by atoms with Crippen molar-refractivity contribution in [3.63, 3.8) is 0 Å². The van der Waals surface area contributed by atoms with Gasteiger partial charge in [-0.25, -0.2) is 4.99 Å². The van der Waals surface area contributed by atoms with E-state index < -0.39 is 0 Å². The Kier molecular flexibility index (Phi) is 9.02. The van der Waals surface area contributed by atoms with Gasteiger partial charge in [0.05, 0.1) is 13.2 Å². The van der Waals surface area contributed by atoms with Crippen LogP contribution in [0.15, 0.2) is 21.8 Å². The molecule has 114 valence electrons. The van der Waals surface area contributed by atoms with Crippen molar-refractivity contribution in [2.24, 2.45) is 4.99 Å². The Bertz CT molecular complexity index is 367. The summed E-state index contributed by atoms with van der Waals surface area (Å²) in [7, 11) is 3.82. The van der Waals surface area contributed by atoms with E-state index >= 15 is 0 Å². The number of nitrogens with zero attached hydrogens (tertiary/aromatic N) is 2. The third kappa shape index (κ3) is 7.47. The monoisotopic (exact) mass is 298 g/mol. The summed E-state index contributed by atoms with van der Waals surface area (Å²) in [5.74, 6) is 0.874. The smallest absolute Gasteiger partial charge is 0.191 e. The van der Waals surface area contributed by atoms with E-state index in [0.717, 1.165) is 45.3 Å². The number of guanidine groups is 1. The SMILES string of the molecule is CCNC(=NCc1ccsc1)NCCN(C)CCOC. The fourth-order valence-electron chi connectivity index (χ4n) is 1.62. The predicted octanol–water partition coefficient (Wildman–Crippen LogP) is 1.38. The minimum atomic E-state index is 0.721. The number of rotatable bonds is 9. The molecule has 0 aromatic carbocycles. The van der Waals surface area contributed by atoms with Crippen LogP contribution < -0.4 is 10.6 Å². The van der Waals surface area contributed by atoms with Gasteiger partial charge in [-0.2, -0.15) is 11.3 Å². The van der Waals surface area contributed by atoms with Crippen LogP contribution >= 0.6 is 11.3 Å². The summed E-state index contributed by atoms with van der Waals surface area (Å²) < 4.78 is 5.06. The highest BCUT2D eigenvalue weighted by molar-refractivity contribution is 7.07. The molecule has 0 atom stereocenters. The highest BCUT2D eigenvalue weighted by Crippen LogP contribution is 2.06. The molecule has 1 rings (SSSR count). The second-order valence-corrected chi connectivity index (χ2v) is 5.33. The number of methoxy groups -OCH3 is 1. The van der Waals surface area contributed by atoms with E-state index in [1.807, 2.05) is 0 Å². The van der Waals surface area contributed by atoms with Crippen molar-refractivity contribution in [3.05, 3.63) is 22.4 Å². The van der Waals surface area contributed by atoms with Crippen LogP contribution in [0.1, 0.15) is 12.5 Å². The molecule has 0 unspecified atom stereocenters. The summed E-state index contributed by atoms with van der Waals surface area (Å²) in [5, 5.41) is 10.8. The van der Waals surface area contributed by atoms with Gasteiger partial charge in [0.2, 0.25) is 0 Å². The van der Waals surface area contributed by atoms with Gasteiger partial charge in [-0.05, 0) is 36.4 Å². The fourth-order valence-corrected chi connectivity index (χ4v) is 2.28. The van der Waals surface area contributed by atoms with Crippen molar-refractivity contribution in [2.75, 3.05) is 46.9 Å². The number of likely N-dealkylation sites (N-methyl/N-ethyl adjacent to an activating group) is 1. The molecule has 0 bridgehead atoms. The summed E-state index contributed by atoms with van der Waals surface area (Å²) in [6.45, 7) is 7.21. The van der Waals surface area contributed by atoms with Crippen LogP contribution in [0.4, 0.5) is 0 Å². The molecule has 1 aromatic heterocycles. The highest BCUT2D eigenvalue weighted by atomic mass is 32.1. The Hall–Kier alpha value is -1.11. The van der Waals surface area contributed by atoms with Crippen LogP contribution in [-0.2, 0) is 11.3 Å². The fraction of sp³-hybridized carbons (Fsp3) is 0.643. The normalized spacial score (nSPS) is 11.9. The molecule has 0 aliphatic rings. The number of aliphatic imine (C=N–C) groups is 1. The maximum atomic E-state index is 5.06. The molecule has 0 spiro atoms.